The van der Waals surface area contributed by atoms with E-state index in [1.807, 2.05) is 12.1 Å². The average molecular weight is 280 g/mol. The Morgan fingerprint density at radius 1 is 1.32 bits per heavy atom. The number of rotatable bonds is 5. The van der Waals surface area contributed by atoms with Crippen molar-refractivity contribution in [3.63, 3.8) is 0 Å². The van der Waals surface area contributed by atoms with Gasteiger partial charge >= 0.3 is 0 Å². The van der Waals surface area contributed by atoms with Crippen LogP contribution in [-0.4, -0.2) is 6.04 Å². The highest BCUT2D eigenvalue weighted by Gasteiger charge is 2.22. The van der Waals surface area contributed by atoms with E-state index in [1.165, 1.54) is 37.7 Å². The Kier molecular flexibility index (Phi) is 5.72. The summed E-state index contributed by atoms with van der Waals surface area (Å²) in [6.07, 6.45) is 6.86. The van der Waals surface area contributed by atoms with E-state index in [1.54, 1.807) is 0 Å². The highest BCUT2D eigenvalue weighted by Crippen LogP contribution is 2.29. The van der Waals surface area contributed by atoms with Crippen molar-refractivity contribution in [2.75, 3.05) is 0 Å². The normalized spacial score (nSPS) is 23.8. The van der Waals surface area contributed by atoms with Gasteiger partial charge in [0.2, 0.25) is 0 Å². The molecule has 19 heavy (non-hydrogen) atoms. The molecule has 1 aliphatic carbocycles. The van der Waals surface area contributed by atoms with Crippen molar-refractivity contribution in [2.45, 2.75) is 58.5 Å². The number of halogens is 1. The molecule has 2 atom stereocenters. The predicted octanol–water partition coefficient (Wildman–Crippen LogP) is 5.03. The van der Waals surface area contributed by atoms with Gasteiger partial charge in [0.05, 0.1) is 0 Å². The van der Waals surface area contributed by atoms with E-state index in [2.05, 4.69) is 31.3 Å². The van der Waals surface area contributed by atoms with Gasteiger partial charge in [0.25, 0.3) is 0 Å². The maximum Gasteiger partial charge on any atom is 0.0409 e. The number of hydrogen-bond acceptors (Lipinski definition) is 1. The zero-order chi connectivity index (χ0) is 13.7. The fourth-order valence-corrected chi connectivity index (χ4v) is 3.48. The molecule has 0 saturated heterocycles. The third kappa shape index (κ3) is 5.16. The SMILES string of the molecule is CC(C)CC1CCCC(NCc2cccc(Cl)c2)C1. The van der Waals surface area contributed by atoms with E-state index in [0.29, 0.717) is 6.04 Å². The zero-order valence-electron chi connectivity index (χ0n) is 12.2. The zero-order valence-corrected chi connectivity index (χ0v) is 12.9. The first-order valence-electron chi connectivity index (χ1n) is 7.61. The minimum absolute atomic E-state index is 0.691. The highest BCUT2D eigenvalue weighted by molar-refractivity contribution is 6.30. The standard InChI is InChI=1S/C17H26ClN/c1-13(2)9-14-5-4-8-17(11-14)19-12-15-6-3-7-16(18)10-15/h3,6-7,10,13-14,17,19H,4-5,8-9,11-12H2,1-2H3. The Balaban J connectivity index is 1.79. The summed E-state index contributed by atoms with van der Waals surface area (Å²) in [4.78, 5) is 0. The molecule has 0 heterocycles. The minimum atomic E-state index is 0.691. The lowest BCUT2D eigenvalue weighted by Crippen LogP contribution is -2.34. The first-order chi connectivity index (χ1) is 9.13. The van der Waals surface area contributed by atoms with Crippen LogP contribution < -0.4 is 5.32 Å². The minimum Gasteiger partial charge on any atom is -0.310 e. The lowest BCUT2D eigenvalue weighted by Gasteiger charge is -2.31. The van der Waals surface area contributed by atoms with Crippen molar-refractivity contribution >= 4 is 11.6 Å². The molecule has 0 bridgehead atoms. The van der Waals surface area contributed by atoms with Gasteiger partial charge in [-0.2, -0.15) is 0 Å². The molecule has 1 aromatic rings. The smallest absolute Gasteiger partial charge is 0.0409 e. The van der Waals surface area contributed by atoms with Gasteiger partial charge < -0.3 is 5.32 Å². The van der Waals surface area contributed by atoms with E-state index < -0.39 is 0 Å². The lowest BCUT2D eigenvalue weighted by molar-refractivity contribution is 0.252. The average Bonchev–Trinajstić information content (AvgIpc) is 2.36. The maximum atomic E-state index is 6.02. The summed E-state index contributed by atoms with van der Waals surface area (Å²) in [5.74, 6) is 1.75. The molecule has 106 valence electrons. The number of nitrogens with one attached hydrogen (secondary N) is 1. The van der Waals surface area contributed by atoms with Crippen molar-refractivity contribution in [2.24, 2.45) is 11.8 Å². The highest BCUT2D eigenvalue weighted by atomic mass is 35.5. The monoisotopic (exact) mass is 279 g/mol. The molecular weight excluding hydrogens is 254 g/mol. The summed E-state index contributed by atoms with van der Waals surface area (Å²) in [6, 6.07) is 8.86. The van der Waals surface area contributed by atoms with Gasteiger partial charge in [-0.05, 0) is 48.8 Å². The fraction of sp³-hybridized carbons (Fsp3) is 0.647. The third-order valence-electron chi connectivity index (χ3n) is 4.07. The van der Waals surface area contributed by atoms with E-state index in [9.17, 15) is 0 Å². The molecular formula is C17H26ClN. The van der Waals surface area contributed by atoms with E-state index in [0.717, 1.165) is 23.4 Å². The summed E-state index contributed by atoms with van der Waals surface area (Å²) in [5, 5.41) is 4.54. The van der Waals surface area contributed by atoms with E-state index >= 15 is 0 Å². The Bertz CT molecular complexity index is 389. The van der Waals surface area contributed by atoms with Crippen LogP contribution in [0.2, 0.25) is 5.02 Å². The van der Waals surface area contributed by atoms with Crippen molar-refractivity contribution in [1.29, 1.82) is 0 Å². The lowest BCUT2D eigenvalue weighted by atomic mass is 9.81. The second-order valence-corrected chi connectivity index (χ2v) is 6.81. The van der Waals surface area contributed by atoms with Crippen LogP contribution in [0.5, 0.6) is 0 Å². The number of benzene rings is 1. The second kappa shape index (κ2) is 7.31. The van der Waals surface area contributed by atoms with Gasteiger partial charge in [0.15, 0.2) is 0 Å². The van der Waals surface area contributed by atoms with Gasteiger partial charge in [-0.15, -0.1) is 0 Å². The molecule has 0 spiro atoms. The molecule has 1 aliphatic rings. The van der Waals surface area contributed by atoms with E-state index in [4.69, 9.17) is 11.6 Å². The van der Waals surface area contributed by atoms with Crippen molar-refractivity contribution in [1.82, 2.24) is 5.32 Å². The van der Waals surface area contributed by atoms with Crippen LogP contribution in [0.3, 0.4) is 0 Å². The Morgan fingerprint density at radius 3 is 2.89 bits per heavy atom. The van der Waals surface area contributed by atoms with E-state index in [-0.39, 0.29) is 0 Å². The first kappa shape index (κ1) is 14.9. The van der Waals surface area contributed by atoms with Crippen LogP contribution in [0.4, 0.5) is 0 Å². The quantitative estimate of drug-likeness (QED) is 0.797. The Labute approximate surface area is 122 Å². The molecule has 0 aliphatic heterocycles. The summed E-state index contributed by atoms with van der Waals surface area (Å²) in [7, 11) is 0. The molecule has 1 nitrogen and oxygen atoms in total. The second-order valence-electron chi connectivity index (χ2n) is 6.37. The van der Waals surface area contributed by atoms with Gasteiger partial charge in [0, 0.05) is 17.6 Å². The summed E-state index contributed by atoms with van der Waals surface area (Å²) in [6.45, 7) is 5.62. The number of hydrogen-bond donors (Lipinski definition) is 1. The summed E-state index contributed by atoms with van der Waals surface area (Å²) in [5.41, 5.74) is 1.29. The molecule has 0 radical (unpaired) electrons. The molecule has 2 rings (SSSR count). The van der Waals surface area contributed by atoms with Gasteiger partial charge in [-0.3, -0.25) is 0 Å². The van der Waals surface area contributed by atoms with Crippen LogP contribution in [0.25, 0.3) is 0 Å². The van der Waals surface area contributed by atoms with Crippen LogP contribution >= 0.6 is 11.6 Å². The molecule has 1 N–H and O–H groups in total. The van der Waals surface area contributed by atoms with Crippen LogP contribution in [0, 0.1) is 11.8 Å². The molecule has 1 fully saturated rings. The maximum absolute atomic E-state index is 6.02. The van der Waals surface area contributed by atoms with Gasteiger partial charge in [0.1, 0.15) is 0 Å². The molecule has 1 aromatic carbocycles. The van der Waals surface area contributed by atoms with Crippen molar-refractivity contribution in [3.05, 3.63) is 34.9 Å². The largest absolute Gasteiger partial charge is 0.310 e. The summed E-state index contributed by atoms with van der Waals surface area (Å²) >= 11 is 6.02. The van der Waals surface area contributed by atoms with Gasteiger partial charge in [-0.1, -0.05) is 50.4 Å². The molecule has 0 amide bonds. The van der Waals surface area contributed by atoms with Crippen LogP contribution in [0.15, 0.2) is 24.3 Å². The van der Waals surface area contributed by atoms with Crippen LogP contribution in [0.1, 0.15) is 51.5 Å². The Morgan fingerprint density at radius 2 is 2.16 bits per heavy atom. The summed E-state index contributed by atoms with van der Waals surface area (Å²) < 4.78 is 0. The van der Waals surface area contributed by atoms with Gasteiger partial charge in [-0.25, -0.2) is 0 Å². The van der Waals surface area contributed by atoms with Crippen molar-refractivity contribution in [3.8, 4) is 0 Å². The van der Waals surface area contributed by atoms with Crippen molar-refractivity contribution < 1.29 is 0 Å². The molecule has 2 heteroatoms. The molecule has 2 unspecified atom stereocenters. The fourth-order valence-electron chi connectivity index (χ4n) is 3.27. The third-order valence-corrected chi connectivity index (χ3v) is 4.31. The Hall–Kier alpha value is -0.530. The topological polar surface area (TPSA) is 12.0 Å². The van der Waals surface area contributed by atoms with Crippen LogP contribution in [-0.2, 0) is 6.54 Å². The predicted molar refractivity (Wildman–Crippen MR) is 83.5 cm³/mol. The molecule has 0 aromatic heterocycles. The molecule has 1 saturated carbocycles. The first-order valence-corrected chi connectivity index (χ1v) is 7.99.